The Bertz CT molecular complexity index is 650. The minimum Gasteiger partial charge on any atom is -0.458 e. The number of amides is 1. The third-order valence-corrected chi connectivity index (χ3v) is 6.15. The molecule has 1 saturated carbocycles. The molecule has 1 N–H and O–H groups in total. The summed E-state index contributed by atoms with van der Waals surface area (Å²) in [6, 6.07) is 4.26. The van der Waals surface area contributed by atoms with Crippen molar-refractivity contribution in [1.29, 1.82) is 0 Å². The molecule has 1 aromatic heterocycles. The van der Waals surface area contributed by atoms with Crippen LogP contribution in [0.25, 0.3) is 0 Å². The lowest BCUT2D eigenvalue weighted by Crippen LogP contribution is -2.49. The summed E-state index contributed by atoms with van der Waals surface area (Å²) in [5.41, 5.74) is 0.710. The van der Waals surface area contributed by atoms with Crippen LogP contribution in [0, 0.1) is 5.92 Å². The molecular weight excluding hydrogens is 330 g/mol. The number of piperidine rings is 1. The number of hydrogen-bond donors (Lipinski definition) is 1. The van der Waals surface area contributed by atoms with Crippen molar-refractivity contribution in [2.75, 3.05) is 13.1 Å². The predicted octanol–water partition coefficient (Wildman–Crippen LogP) is 2.04. The Morgan fingerprint density at radius 1 is 1.31 bits per heavy atom. The predicted molar refractivity (Wildman–Crippen MR) is 96.1 cm³/mol. The molecule has 1 aromatic rings. The second kappa shape index (κ2) is 7.35. The molecule has 1 spiro atoms. The van der Waals surface area contributed by atoms with E-state index in [1.807, 2.05) is 12.3 Å². The molecule has 0 bridgehead atoms. The van der Waals surface area contributed by atoms with E-state index in [-0.39, 0.29) is 30.3 Å². The summed E-state index contributed by atoms with van der Waals surface area (Å²) in [5, 5.41) is 3.21. The molecule has 6 heteroatoms. The Balaban J connectivity index is 1.29. The fourth-order valence-electron chi connectivity index (χ4n) is 4.73. The van der Waals surface area contributed by atoms with Gasteiger partial charge in [0, 0.05) is 38.1 Å². The van der Waals surface area contributed by atoms with Crippen LogP contribution < -0.4 is 5.32 Å². The fraction of sp³-hybridized carbons (Fsp3) is 0.650. The first-order valence-electron chi connectivity index (χ1n) is 9.78. The summed E-state index contributed by atoms with van der Waals surface area (Å²) in [4.78, 5) is 31.2. The van der Waals surface area contributed by atoms with E-state index >= 15 is 0 Å². The second-order valence-corrected chi connectivity index (χ2v) is 7.92. The molecule has 4 rings (SSSR count). The maximum atomic E-state index is 12.8. The Kier molecular flexibility index (Phi) is 4.94. The number of hydrogen-bond acceptors (Lipinski definition) is 5. The first-order valence-corrected chi connectivity index (χ1v) is 9.78. The Hall–Kier alpha value is -1.95. The van der Waals surface area contributed by atoms with Crippen LogP contribution in [-0.2, 0) is 20.9 Å². The smallest absolute Gasteiger partial charge is 0.307 e. The summed E-state index contributed by atoms with van der Waals surface area (Å²) in [5.74, 6) is -0.493. The van der Waals surface area contributed by atoms with Crippen molar-refractivity contribution in [2.24, 2.45) is 5.92 Å². The molecule has 6 nitrogen and oxygen atoms in total. The number of rotatable bonds is 4. The normalized spacial score (nSPS) is 26.2. The van der Waals surface area contributed by atoms with E-state index in [1.54, 1.807) is 6.20 Å². The first-order chi connectivity index (χ1) is 12.6. The standard InChI is InChI=1S/C20H27N3O3/c24-18-12-17(20(26-18)7-1-2-8-20)19(25)22-16-5-10-23(11-6-16)14-15-4-3-9-21-13-15/h3-4,9,13,16-17H,1-2,5-8,10-12,14H2,(H,22,25)/t17-/m1/s1. The van der Waals surface area contributed by atoms with Gasteiger partial charge in [-0.15, -0.1) is 0 Å². The molecule has 3 aliphatic rings. The summed E-state index contributed by atoms with van der Waals surface area (Å²) in [6.07, 6.45) is 9.59. The third kappa shape index (κ3) is 3.61. The minimum atomic E-state index is -0.512. The summed E-state index contributed by atoms with van der Waals surface area (Å²) >= 11 is 0. The fourth-order valence-corrected chi connectivity index (χ4v) is 4.73. The molecule has 3 fully saturated rings. The highest BCUT2D eigenvalue weighted by atomic mass is 16.6. The van der Waals surface area contributed by atoms with Gasteiger partial charge in [-0.1, -0.05) is 6.07 Å². The molecule has 3 heterocycles. The summed E-state index contributed by atoms with van der Waals surface area (Å²) in [6.45, 7) is 2.83. The van der Waals surface area contributed by atoms with Crippen LogP contribution in [-0.4, -0.2) is 46.5 Å². The van der Waals surface area contributed by atoms with Crippen molar-refractivity contribution in [3.05, 3.63) is 30.1 Å². The topological polar surface area (TPSA) is 71.5 Å². The number of aromatic nitrogens is 1. The average Bonchev–Trinajstić information content (AvgIpc) is 3.24. The Labute approximate surface area is 154 Å². The number of pyridine rings is 1. The van der Waals surface area contributed by atoms with Crippen LogP contribution in [0.2, 0.25) is 0 Å². The molecule has 140 valence electrons. The number of carbonyl (C=O) groups is 2. The number of likely N-dealkylation sites (tertiary alicyclic amines) is 1. The van der Waals surface area contributed by atoms with Gasteiger partial charge in [-0.05, 0) is 50.2 Å². The Morgan fingerprint density at radius 2 is 2.08 bits per heavy atom. The van der Waals surface area contributed by atoms with Gasteiger partial charge in [0.25, 0.3) is 0 Å². The number of nitrogens with zero attached hydrogens (tertiary/aromatic N) is 2. The van der Waals surface area contributed by atoms with Gasteiger partial charge in [-0.25, -0.2) is 0 Å². The van der Waals surface area contributed by atoms with Gasteiger partial charge in [0.1, 0.15) is 5.60 Å². The molecule has 0 unspecified atom stereocenters. The van der Waals surface area contributed by atoms with Crippen molar-refractivity contribution < 1.29 is 14.3 Å². The van der Waals surface area contributed by atoms with E-state index < -0.39 is 5.60 Å². The quantitative estimate of drug-likeness (QED) is 0.835. The van der Waals surface area contributed by atoms with Gasteiger partial charge < -0.3 is 10.1 Å². The van der Waals surface area contributed by atoms with E-state index in [1.165, 1.54) is 5.56 Å². The van der Waals surface area contributed by atoms with E-state index in [0.717, 1.165) is 58.2 Å². The lowest BCUT2D eigenvalue weighted by molar-refractivity contribution is -0.150. The van der Waals surface area contributed by atoms with E-state index in [9.17, 15) is 9.59 Å². The van der Waals surface area contributed by atoms with Crippen LogP contribution in [0.15, 0.2) is 24.5 Å². The third-order valence-electron chi connectivity index (χ3n) is 6.15. The van der Waals surface area contributed by atoms with E-state index in [4.69, 9.17) is 4.74 Å². The van der Waals surface area contributed by atoms with E-state index in [2.05, 4.69) is 21.3 Å². The molecule has 1 amide bonds. The molecule has 26 heavy (non-hydrogen) atoms. The lowest BCUT2D eigenvalue weighted by Gasteiger charge is -2.34. The zero-order valence-corrected chi connectivity index (χ0v) is 15.2. The van der Waals surface area contributed by atoms with Crippen molar-refractivity contribution in [3.63, 3.8) is 0 Å². The van der Waals surface area contributed by atoms with Gasteiger partial charge in [0.15, 0.2) is 0 Å². The first kappa shape index (κ1) is 17.5. The van der Waals surface area contributed by atoms with Crippen LogP contribution in [0.5, 0.6) is 0 Å². The maximum Gasteiger partial charge on any atom is 0.307 e. The number of carbonyl (C=O) groups excluding carboxylic acids is 2. The van der Waals surface area contributed by atoms with Crippen LogP contribution >= 0.6 is 0 Å². The maximum absolute atomic E-state index is 12.8. The number of nitrogens with one attached hydrogen (secondary N) is 1. The highest BCUT2D eigenvalue weighted by Crippen LogP contribution is 2.45. The van der Waals surface area contributed by atoms with Crippen LogP contribution in [0.4, 0.5) is 0 Å². The SMILES string of the molecule is O=C1C[C@H](C(=O)NC2CCN(Cc3cccnc3)CC2)C2(CCCC2)O1. The average molecular weight is 357 g/mol. The molecule has 1 atom stereocenters. The van der Waals surface area contributed by atoms with Gasteiger partial charge in [0.05, 0.1) is 12.3 Å². The molecule has 0 aromatic carbocycles. The molecular formula is C20H27N3O3. The lowest BCUT2D eigenvalue weighted by atomic mass is 9.84. The number of esters is 1. The van der Waals surface area contributed by atoms with Crippen molar-refractivity contribution in [1.82, 2.24) is 15.2 Å². The van der Waals surface area contributed by atoms with Gasteiger partial charge in [-0.3, -0.25) is 19.5 Å². The molecule has 1 aliphatic carbocycles. The van der Waals surface area contributed by atoms with Crippen LogP contribution in [0.3, 0.4) is 0 Å². The van der Waals surface area contributed by atoms with E-state index in [0.29, 0.717) is 0 Å². The summed E-state index contributed by atoms with van der Waals surface area (Å²) < 4.78 is 5.60. The molecule has 2 aliphatic heterocycles. The van der Waals surface area contributed by atoms with Crippen molar-refractivity contribution >= 4 is 11.9 Å². The zero-order chi connectivity index (χ0) is 18.0. The highest BCUT2D eigenvalue weighted by molar-refractivity contribution is 5.88. The summed E-state index contributed by atoms with van der Waals surface area (Å²) in [7, 11) is 0. The zero-order valence-electron chi connectivity index (χ0n) is 15.2. The van der Waals surface area contributed by atoms with Crippen molar-refractivity contribution in [2.45, 2.75) is 63.1 Å². The molecule has 0 radical (unpaired) electrons. The monoisotopic (exact) mass is 357 g/mol. The number of ether oxygens (including phenoxy) is 1. The van der Waals surface area contributed by atoms with Gasteiger partial charge >= 0.3 is 5.97 Å². The van der Waals surface area contributed by atoms with Crippen molar-refractivity contribution in [3.8, 4) is 0 Å². The Morgan fingerprint density at radius 3 is 2.77 bits per heavy atom. The van der Waals surface area contributed by atoms with Gasteiger partial charge in [-0.2, -0.15) is 0 Å². The van der Waals surface area contributed by atoms with Gasteiger partial charge in [0.2, 0.25) is 5.91 Å². The van der Waals surface area contributed by atoms with Crippen LogP contribution in [0.1, 0.15) is 50.5 Å². The molecule has 2 saturated heterocycles. The minimum absolute atomic E-state index is 0.0171. The largest absolute Gasteiger partial charge is 0.458 e. The highest BCUT2D eigenvalue weighted by Gasteiger charge is 2.54. The second-order valence-electron chi connectivity index (χ2n) is 7.92.